The van der Waals surface area contributed by atoms with Gasteiger partial charge < -0.3 is 15.3 Å². The molecule has 1 unspecified atom stereocenters. The molecule has 0 saturated carbocycles. The molecule has 1 aliphatic rings. The van der Waals surface area contributed by atoms with E-state index in [2.05, 4.69) is 0 Å². The molecule has 1 N–H and O–H groups in total. The maximum atomic E-state index is 10.4. The molecule has 0 aromatic rings. The monoisotopic (exact) mass is 196 g/mol. The molecule has 0 aromatic heterocycles. The van der Waals surface area contributed by atoms with Gasteiger partial charge in [0.2, 0.25) is 0 Å². The van der Waals surface area contributed by atoms with Crippen molar-refractivity contribution in [3.05, 3.63) is 5.73 Å². The molecule has 4 nitrogen and oxygen atoms in total. The van der Waals surface area contributed by atoms with E-state index in [-0.39, 0.29) is 64.0 Å². The van der Waals surface area contributed by atoms with Gasteiger partial charge in [0.15, 0.2) is 0 Å². The van der Waals surface area contributed by atoms with Crippen LogP contribution >= 0.6 is 0 Å². The number of carbonyl (C=O) groups is 1. The number of nitrogens with zero attached hydrogens (tertiary/aromatic N) is 1. The van der Waals surface area contributed by atoms with E-state index in [1.54, 1.807) is 0 Å². The van der Waals surface area contributed by atoms with E-state index >= 15 is 0 Å². The van der Waals surface area contributed by atoms with Crippen LogP contribution in [0.15, 0.2) is 0 Å². The maximum Gasteiger partial charge on any atom is 1.00 e. The minimum atomic E-state index is -0.515. The van der Waals surface area contributed by atoms with Crippen LogP contribution in [-0.2, 0) is 9.53 Å². The third-order valence-electron chi connectivity index (χ3n) is 1.69. The molecule has 0 spiro atoms. The van der Waals surface area contributed by atoms with E-state index < -0.39 is 5.91 Å². The quantitative estimate of drug-likeness (QED) is 0.451. The van der Waals surface area contributed by atoms with Gasteiger partial charge in [-0.05, 0) is 6.92 Å². The average Bonchev–Trinajstić information content (AvgIpc) is 1.85. The fourth-order valence-electron chi connectivity index (χ4n) is 1.24. The summed E-state index contributed by atoms with van der Waals surface area (Å²) in [5.74, 6) is -0.515. The van der Waals surface area contributed by atoms with Crippen molar-refractivity contribution in [2.75, 3.05) is 26.2 Å². The second-order valence-electron chi connectivity index (χ2n) is 2.84. The van der Waals surface area contributed by atoms with Gasteiger partial charge in [-0.1, -0.05) is 0 Å². The van der Waals surface area contributed by atoms with Crippen LogP contribution in [-0.4, -0.2) is 43.2 Å². The van der Waals surface area contributed by atoms with Crippen LogP contribution < -0.4 is 51.4 Å². The smallest absolute Gasteiger partial charge is 0.667 e. The number of rotatable bonds is 2. The van der Waals surface area contributed by atoms with Crippen LogP contribution in [0.5, 0.6) is 0 Å². The minimum absolute atomic E-state index is 0. The molecule has 1 amide bonds. The summed E-state index contributed by atoms with van der Waals surface area (Å²) in [7, 11) is 0. The van der Waals surface area contributed by atoms with Gasteiger partial charge in [0.1, 0.15) is 0 Å². The van der Waals surface area contributed by atoms with Gasteiger partial charge in [-0.15, -0.1) is 0 Å². The van der Waals surface area contributed by atoms with E-state index in [0.717, 1.165) is 13.1 Å². The molecule has 0 aromatic carbocycles. The Bertz CT molecular complexity index is 154. The van der Waals surface area contributed by atoms with Gasteiger partial charge in [0, 0.05) is 19.6 Å². The Balaban J connectivity index is 0.00000121. The molecule has 1 saturated heterocycles. The number of morpholine rings is 1. The van der Waals surface area contributed by atoms with Gasteiger partial charge in [0.05, 0.1) is 18.6 Å². The van der Waals surface area contributed by atoms with E-state index in [0.29, 0.717) is 6.61 Å². The van der Waals surface area contributed by atoms with E-state index in [1.807, 2.05) is 11.8 Å². The largest absolute Gasteiger partial charge is 1.00 e. The Morgan fingerprint density at radius 2 is 2.42 bits per heavy atom. The fraction of sp³-hybridized carbons (Fsp3) is 0.857. The van der Waals surface area contributed by atoms with Crippen molar-refractivity contribution >= 4 is 5.91 Å². The molecule has 0 radical (unpaired) electrons. The number of hydrogen-bond donors (Lipinski definition) is 0. The second kappa shape index (κ2) is 6.48. The molecule has 1 atom stereocenters. The molecule has 0 bridgehead atoms. The van der Waals surface area contributed by atoms with Crippen LogP contribution in [0.3, 0.4) is 0 Å². The number of nitrogens with one attached hydrogen (secondary N) is 1. The summed E-state index contributed by atoms with van der Waals surface area (Å²) in [6, 6.07) is 0. The van der Waals surface area contributed by atoms with Gasteiger partial charge >= 0.3 is 51.4 Å². The standard InChI is InChI=1S/C7H14N2O2.K/c1-6-4-9(2-3-11-6)5-7(8)10;/h6H,2-5H2,1H3,(H2,8,10);/q;+1/p-1. The van der Waals surface area contributed by atoms with Gasteiger partial charge in [-0.3, -0.25) is 4.90 Å². The van der Waals surface area contributed by atoms with Crippen molar-refractivity contribution in [1.29, 1.82) is 0 Å². The molecule has 12 heavy (non-hydrogen) atoms. The maximum absolute atomic E-state index is 10.4. The van der Waals surface area contributed by atoms with Crippen molar-refractivity contribution < 1.29 is 60.9 Å². The van der Waals surface area contributed by atoms with Gasteiger partial charge in [-0.2, -0.15) is 0 Å². The Labute approximate surface area is 115 Å². The fourth-order valence-corrected chi connectivity index (χ4v) is 1.24. The first kappa shape index (κ1) is 13.0. The average molecular weight is 196 g/mol. The van der Waals surface area contributed by atoms with E-state index in [4.69, 9.17) is 10.5 Å². The first-order valence-electron chi connectivity index (χ1n) is 3.77. The van der Waals surface area contributed by atoms with E-state index in [1.165, 1.54) is 0 Å². The minimum Gasteiger partial charge on any atom is -0.667 e. The molecule has 1 heterocycles. The zero-order valence-corrected chi connectivity index (χ0v) is 10.8. The van der Waals surface area contributed by atoms with Gasteiger partial charge in [0.25, 0.3) is 0 Å². The van der Waals surface area contributed by atoms with Crippen LogP contribution in [0.25, 0.3) is 5.73 Å². The summed E-state index contributed by atoms with van der Waals surface area (Å²) < 4.78 is 5.28. The van der Waals surface area contributed by atoms with Crippen molar-refractivity contribution in [2.24, 2.45) is 0 Å². The predicted octanol–water partition coefficient (Wildman–Crippen LogP) is -2.71. The Kier molecular flexibility index (Phi) is 7.03. The molecule has 1 fully saturated rings. The van der Waals surface area contributed by atoms with E-state index in [9.17, 15) is 4.79 Å². The Morgan fingerprint density at radius 1 is 1.75 bits per heavy atom. The van der Waals surface area contributed by atoms with Crippen molar-refractivity contribution in [3.63, 3.8) is 0 Å². The van der Waals surface area contributed by atoms with Gasteiger partial charge in [-0.25, -0.2) is 0 Å². The summed E-state index contributed by atoms with van der Waals surface area (Å²) in [4.78, 5) is 12.4. The topological polar surface area (TPSA) is 53.3 Å². The predicted molar refractivity (Wildman–Crippen MR) is 41.2 cm³/mol. The van der Waals surface area contributed by atoms with Crippen LogP contribution in [0, 0.1) is 0 Å². The summed E-state index contributed by atoms with van der Waals surface area (Å²) in [6.45, 7) is 4.43. The SMILES string of the molecule is CC1CN(CC([NH-])=O)CCO1.[K+]. The third-order valence-corrected chi connectivity index (χ3v) is 1.69. The van der Waals surface area contributed by atoms with Crippen LogP contribution in [0.1, 0.15) is 6.92 Å². The normalized spacial score (nSPS) is 24.6. The number of ether oxygens (including phenoxy) is 1. The molecule has 0 aliphatic carbocycles. The Morgan fingerprint density at radius 3 is 2.92 bits per heavy atom. The number of carbonyl (C=O) groups excluding carboxylic acids is 1. The number of hydrogen-bond acceptors (Lipinski definition) is 3. The van der Waals surface area contributed by atoms with Crippen LogP contribution in [0.4, 0.5) is 0 Å². The molecular formula is C7H13KN2O2. The Hall–Kier alpha value is 1.03. The van der Waals surface area contributed by atoms with Crippen LogP contribution in [0.2, 0.25) is 0 Å². The van der Waals surface area contributed by atoms with Crippen molar-refractivity contribution in [2.45, 2.75) is 13.0 Å². The zero-order chi connectivity index (χ0) is 8.27. The first-order chi connectivity index (χ1) is 5.18. The van der Waals surface area contributed by atoms with Crippen molar-refractivity contribution in [3.8, 4) is 0 Å². The summed E-state index contributed by atoms with van der Waals surface area (Å²) >= 11 is 0. The first-order valence-corrected chi connectivity index (χ1v) is 3.77. The summed E-state index contributed by atoms with van der Waals surface area (Å²) in [5.41, 5.74) is 6.76. The van der Waals surface area contributed by atoms with Crippen molar-refractivity contribution in [1.82, 2.24) is 4.90 Å². The number of amides is 1. The molecule has 5 heteroatoms. The molecule has 1 rings (SSSR count). The molecular weight excluding hydrogens is 183 g/mol. The summed E-state index contributed by atoms with van der Waals surface area (Å²) in [5, 5.41) is 0. The molecule has 1 aliphatic heterocycles. The summed E-state index contributed by atoms with van der Waals surface area (Å²) in [6.07, 6.45) is 0.197. The molecule has 64 valence electrons. The second-order valence-corrected chi connectivity index (χ2v) is 2.84. The third kappa shape index (κ3) is 4.91. The zero-order valence-electron chi connectivity index (χ0n) is 7.67.